The Labute approximate surface area is 106 Å². The van der Waals surface area contributed by atoms with E-state index < -0.39 is 21.5 Å². The van der Waals surface area contributed by atoms with Crippen LogP contribution in [-0.2, 0) is 10.0 Å². The van der Waals surface area contributed by atoms with E-state index in [2.05, 4.69) is 25.2 Å². The van der Waals surface area contributed by atoms with Crippen molar-refractivity contribution in [3.8, 4) is 0 Å². The number of nitrogens with one attached hydrogen (secondary N) is 3. The monoisotopic (exact) mass is 275 g/mol. The van der Waals surface area contributed by atoms with Gasteiger partial charge in [0, 0.05) is 12.1 Å². The van der Waals surface area contributed by atoms with Gasteiger partial charge in [-0.15, -0.1) is 5.10 Å². The van der Waals surface area contributed by atoms with Gasteiger partial charge in [-0.25, -0.2) is 18.1 Å². The smallest absolute Gasteiger partial charge is 0.291 e. The quantitative estimate of drug-likeness (QED) is 0.648. The molecule has 0 unspecified atom stereocenters. The maximum atomic E-state index is 11.6. The second-order valence-electron chi connectivity index (χ2n) is 4.69. The number of nitrogens with zero attached hydrogens (tertiary/aromatic N) is 2. The van der Waals surface area contributed by atoms with Crippen LogP contribution in [0.25, 0.3) is 0 Å². The summed E-state index contributed by atoms with van der Waals surface area (Å²) in [7, 11) is -3.33. The van der Waals surface area contributed by atoms with Crippen molar-refractivity contribution in [1.29, 1.82) is 0 Å². The highest BCUT2D eigenvalue weighted by atomic mass is 32.2. The Morgan fingerprint density at radius 1 is 1.44 bits per heavy atom. The van der Waals surface area contributed by atoms with Gasteiger partial charge >= 0.3 is 0 Å². The van der Waals surface area contributed by atoms with E-state index in [1.54, 1.807) is 20.8 Å². The summed E-state index contributed by atoms with van der Waals surface area (Å²) in [5, 5.41) is 8.82. The van der Waals surface area contributed by atoms with Crippen LogP contribution in [0.3, 0.4) is 0 Å². The minimum absolute atomic E-state index is 0.0302. The largest absolute Gasteiger partial charge is 0.347 e. The maximum absolute atomic E-state index is 11.6. The Morgan fingerprint density at radius 3 is 2.50 bits per heavy atom. The second kappa shape index (κ2) is 5.02. The topological polar surface area (TPSA) is 117 Å². The number of hydrogen-bond donors (Lipinski definition) is 3. The first-order valence-corrected chi connectivity index (χ1v) is 7.14. The normalized spacial score (nSPS) is 12.4. The molecule has 1 rings (SSSR count). The van der Waals surface area contributed by atoms with Crippen molar-refractivity contribution in [2.24, 2.45) is 0 Å². The number of aryl methyl sites for hydroxylation is 1. The van der Waals surface area contributed by atoms with E-state index in [-0.39, 0.29) is 12.4 Å². The van der Waals surface area contributed by atoms with Crippen LogP contribution in [0.5, 0.6) is 0 Å². The zero-order chi connectivity index (χ0) is 14.0. The third kappa shape index (κ3) is 4.80. The van der Waals surface area contributed by atoms with Gasteiger partial charge in [0.25, 0.3) is 5.91 Å². The van der Waals surface area contributed by atoms with Gasteiger partial charge < -0.3 is 5.32 Å². The molecule has 1 heterocycles. The van der Waals surface area contributed by atoms with E-state index in [0.29, 0.717) is 5.82 Å². The lowest BCUT2D eigenvalue weighted by Crippen LogP contribution is -2.51. The van der Waals surface area contributed by atoms with E-state index in [1.807, 2.05) is 0 Å². The molecule has 102 valence electrons. The molecule has 0 saturated carbocycles. The number of aromatic amines is 1. The molecule has 1 aromatic rings. The van der Waals surface area contributed by atoms with E-state index in [4.69, 9.17) is 0 Å². The maximum Gasteiger partial charge on any atom is 0.291 e. The van der Waals surface area contributed by atoms with Crippen molar-refractivity contribution in [3.05, 3.63) is 11.6 Å². The van der Waals surface area contributed by atoms with Crippen molar-refractivity contribution in [3.63, 3.8) is 0 Å². The first kappa shape index (κ1) is 14.6. The van der Waals surface area contributed by atoms with Gasteiger partial charge in [-0.1, -0.05) is 0 Å². The van der Waals surface area contributed by atoms with E-state index in [9.17, 15) is 13.2 Å². The SMILES string of the molecule is Cc1nc(C(=O)NCC(C)(C)NS(C)(=O)=O)n[nH]1. The van der Waals surface area contributed by atoms with E-state index in [1.165, 1.54) is 0 Å². The molecule has 0 atom stereocenters. The third-order valence-electron chi connectivity index (χ3n) is 1.95. The number of hydrogen-bond acceptors (Lipinski definition) is 5. The fourth-order valence-electron chi connectivity index (χ4n) is 1.36. The molecule has 0 bridgehead atoms. The molecule has 0 radical (unpaired) electrons. The molecule has 8 nitrogen and oxygen atoms in total. The predicted octanol–water partition coefficient (Wildman–Crippen LogP) is -0.829. The molecular weight excluding hydrogens is 258 g/mol. The van der Waals surface area contributed by atoms with Gasteiger partial charge in [0.2, 0.25) is 15.8 Å². The van der Waals surface area contributed by atoms with Gasteiger partial charge in [-0.3, -0.25) is 9.89 Å². The molecule has 0 aliphatic rings. The van der Waals surface area contributed by atoms with Crippen LogP contribution < -0.4 is 10.0 Å². The number of H-pyrrole nitrogens is 1. The zero-order valence-electron chi connectivity index (χ0n) is 10.7. The molecule has 0 aliphatic carbocycles. The van der Waals surface area contributed by atoms with Gasteiger partial charge in [-0.05, 0) is 20.8 Å². The molecule has 0 aliphatic heterocycles. The highest BCUT2D eigenvalue weighted by molar-refractivity contribution is 7.88. The minimum atomic E-state index is -3.33. The second-order valence-corrected chi connectivity index (χ2v) is 6.43. The van der Waals surface area contributed by atoms with Crippen molar-refractivity contribution in [2.45, 2.75) is 26.3 Å². The summed E-state index contributed by atoms with van der Waals surface area (Å²) in [6, 6.07) is 0. The average molecular weight is 275 g/mol. The predicted molar refractivity (Wildman–Crippen MR) is 65.5 cm³/mol. The fraction of sp³-hybridized carbons (Fsp3) is 0.667. The molecule has 3 N–H and O–H groups in total. The molecule has 9 heteroatoms. The zero-order valence-corrected chi connectivity index (χ0v) is 11.6. The van der Waals surface area contributed by atoms with Gasteiger partial charge in [-0.2, -0.15) is 0 Å². The number of carbonyl (C=O) groups is 1. The molecule has 0 aromatic carbocycles. The van der Waals surface area contributed by atoms with E-state index in [0.717, 1.165) is 6.26 Å². The number of rotatable bonds is 5. The number of carbonyl (C=O) groups excluding carboxylic acids is 1. The van der Waals surface area contributed by atoms with Crippen LogP contribution >= 0.6 is 0 Å². The highest BCUT2D eigenvalue weighted by Gasteiger charge is 2.23. The van der Waals surface area contributed by atoms with Crippen LogP contribution in [0.15, 0.2) is 0 Å². The molecule has 1 aromatic heterocycles. The molecule has 0 spiro atoms. The standard InChI is InChI=1S/C9H17N5O3S/c1-6-11-7(13-12-6)8(15)10-5-9(2,3)14-18(4,16)17/h14H,5H2,1-4H3,(H,10,15)(H,11,12,13). The molecule has 18 heavy (non-hydrogen) atoms. The Kier molecular flexibility index (Phi) is 4.07. The molecule has 0 fully saturated rings. The summed E-state index contributed by atoms with van der Waals surface area (Å²) in [6.07, 6.45) is 1.06. The van der Waals surface area contributed by atoms with Crippen molar-refractivity contribution in [2.75, 3.05) is 12.8 Å². The van der Waals surface area contributed by atoms with Crippen LogP contribution in [0, 0.1) is 6.92 Å². The summed E-state index contributed by atoms with van der Waals surface area (Å²) in [5.74, 6) is 0.110. The lowest BCUT2D eigenvalue weighted by molar-refractivity contribution is 0.0934. The first-order chi connectivity index (χ1) is 8.09. The molecule has 0 saturated heterocycles. The summed E-state index contributed by atoms with van der Waals surface area (Å²) in [5.41, 5.74) is -0.783. The van der Waals surface area contributed by atoms with Crippen molar-refractivity contribution >= 4 is 15.9 Å². The highest BCUT2D eigenvalue weighted by Crippen LogP contribution is 2.02. The lowest BCUT2D eigenvalue weighted by Gasteiger charge is -2.24. The third-order valence-corrected chi connectivity index (χ3v) is 2.88. The first-order valence-electron chi connectivity index (χ1n) is 5.25. The average Bonchev–Trinajstić information content (AvgIpc) is 2.57. The number of amides is 1. The van der Waals surface area contributed by atoms with Gasteiger partial charge in [0.15, 0.2) is 0 Å². The molecular formula is C9H17N5O3S. The van der Waals surface area contributed by atoms with Crippen LogP contribution in [0.2, 0.25) is 0 Å². The van der Waals surface area contributed by atoms with Crippen molar-refractivity contribution in [1.82, 2.24) is 25.2 Å². The minimum Gasteiger partial charge on any atom is -0.347 e. The Balaban J connectivity index is 2.57. The van der Waals surface area contributed by atoms with Crippen LogP contribution in [0.1, 0.15) is 30.3 Å². The fourth-order valence-corrected chi connectivity index (χ4v) is 2.44. The van der Waals surface area contributed by atoms with Crippen LogP contribution in [0.4, 0.5) is 0 Å². The number of aromatic nitrogens is 3. The van der Waals surface area contributed by atoms with Crippen LogP contribution in [-0.4, -0.2) is 47.8 Å². The van der Waals surface area contributed by atoms with Crippen molar-refractivity contribution < 1.29 is 13.2 Å². The molecule has 1 amide bonds. The summed E-state index contributed by atoms with van der Waals surface area (Å²) in [6.45, 7) is 5.14. The summed E-state index contributed by atoms with van der Waals surface area (Å²) >= 11 is 0. The summed E-state index contributed by atoms with van der Waals surface area (Å²) in [4.78, 5) is 15.5. The van der Waals surface area contributed by atoms with Gasteiger partial charge in [0.1, 0.15) is 5.82 Å². The lowest BCUT2D eigenvalue weighted by atomic mass is 10.1. The van der Waals surface area contributed by atoms with Gasteiger partial charge in [0.05, 0.1) is 6.26 Å². The van der Waals surface area contributed by atoms with E-state index >= 15 is 0 Å². The Hall–Kier alpha value is -1.48. The summed E-state index contributed by atoms with van der Waals surface area (Å²) < 4.78 is 24.6. The Bertz CT molecular complexity index is 534. The Morgan fingerprint density at radius 2 is 2.06 bits per heavy atom. The number of sulfonamides is 1.